The highest BCUT2D eigenvalue weighted by molar-refractivity contribution is 9.10. The first-order chi connectivity index (χ1) is 20.4. The average Bonchev–Trinajstić information content (AvgIpc) is 3.54. The number of fused-ring (bicyclic) bond motifs is 4. The van der Waals surface area contributed by atoms with Crippen LogP contribution < -0.4 is 19.9 Å². The molecule has 42 heavy (non-hydrogen) atoms. The summed E-state index contributed by atoms with van der Waals surface area (Å²) in [6, 6.07) is 13.9. The fourth-order valence-electron chi connectivity index (χ4n) is 7.91. The Labute approximate surface area is 255 Å². The van der Waals surface area contributed by atoms with Crippen molar-refractivity contribution in [2.24, 2.45) is 5.41 Å². The predicted molar refractivity (Wildman–Crippen MR) is 168 cm³/mol. The number of benzene rings is 2. The van der Waals surface area contributed by atoms with E-state index in [0.29, 0.717) is 31.6 Å². The largest absolute Gasteiger partial charge is 0.463 e. The zero-order valence-electron chi connectivity index (χ0n) is 24.4. The smallest absolute Gasteiger partial charge is 0.318 e. The molecular formula is C33H40BrFN6O. The number of piperazine rings is 1. The van der Waals surface area contributed by atoms with Crippen molar-refractivity contribution in [1.82, 2.24) is 20.2 Å². The maximum Gasteiger partial charge on any atom is 0.318 e. The van der Waals surface area contributed by atoms with Gasteiger partial charge < -0.3 is 19.9 Å². The molecule has 1 aliphatic carbocycles. The summed E-state index contributed by atoms with van der Waals surface area (Å²) >= 11 is 3.81. The number of alkyl halides is 1. The topological polar surface area (TPSA) is 56.8 Å². The van der Waals surface area contributed by atoms with Gasteiger partial charge in [0.15, 0.2) is 0 Å². The van der Waals surface area contributed by atoms with Gasteiger partial charge in [-0.05, 0) is 63.0 Å². The fraction of sp³-hybridized carbons (Fsp3) is 0.576. The van der Waals surface area contributed by atoms with Gasteiger partial charge in [0.1, 0.15) is 12.0 Å². The number of rotatable bonds is 7. The first kappa shape index (κ1) is 27.1. The van der Waals surface area contributed by atoms with Crippen LogP contribution in [0.15, 0.2) is 40.9 Å². The van der Waals surface area contributed by atoms with Gasteiger partial charge in [-0.1, -0.05) is 40.2 Å². The van der Waals surface area contributed by atoms with E-state index in [4.69, 9.17) is 14.7 Å². The molecule has 0 unspecified atom stereocenters. The lowest BCUT2D eigenvalue weighted by molar-refractivity contribution is 0.164. The highest BCUT2D eigenvalue weighted by atomic mass is 79.9. The number of aromatic nitrogens is 2. The van der Waals surface area contributed by atoms with Crippen molar-refractivity contribution in [3.8, 4) is 6.01 Å². The quantitative estimate of drug-likeness (QED) is 0.369. The Bertz CT molecular complexity index is 1510. The molecule has 1 saturated carbocycles. The van der Waals surface area contributed by atoms with E-state index in [1.807, 2.05) is 0 Å². The van der Waals surface area contributed by atoms with Crippen LogP contribution in [0.2, 0.25) is 0 Å². The number of hydrogen-bond donors (Lipinski definition) is 1. The van der Waals surface area contributed by atoms with Crippen LogP contribution >= 0.6 is 15.9 Å². The van der Waals surface area contributed by atoms with Crippen LogP contribution in [0.4, 0.5) is 15.9 Å². The van der Waals surface area contributed by atoms with E-state index in [1.54, 1.807) is 0 Å². The first-order valence-electron chi connectivity index (χ1n) is 15.7. The Kier molecular flexibility index (Phi) is 6.65. The van der Waals surface area contributed by atoms with Crippen molar-refractivity contribution >= 4 is 38.2 Å². The molecule has 2 aromatic carbocycles. The molecule has 4 fully saturated rings. The van der Waals surface area contributed by atoms with Gasteiger partial charge in [-0.15, -0.1) is 0 Å². The van der Waals surface area contributed by atoms with Crippen molar-refractivity contribution in [3.05, 3.63) is 52.1 Å². The zero-order valence-corrected chi connectivity index (χ0v) is 26.0. The van der Waals surface area contributed by atoms with Gasteiger partial charge in [0.2, 0.25) is 0 Å². The number of nitrogens with zero attached hydrogens (tertiary/aromatic N) is 5. The van der Waals surface area contributed by atoms with Gasteiger partial charge in [-0.2, -0.15) is 9.97 Å². The van der Waals surface area contributed by atoms with Crippen LogP contribution in [-0.2, 0) is 13.0 Å². The maximum absolute atomic E-state index is 13.8. The molecule has 3 atom stereocenters. The molecule has 8 rings (SSSR count). The van der Waals surface area contributed by atoms with E-state index in [0.717, 1.165) is 74.5 Å². The van der Waals surface area contributed by atoms with Gasteiger partial charge in [0.25, 0.3) is 0 Å². The molecular weight excluding hydrogens is 595 g/mol. The summed E-state index contributed by atoms with van der Waals surface area (Å²) < 4.78 is 21.4. The summed E-state index contributed by atoms with van der Waals surface area (Å²) in [5.74, 6) is 1.07. The Hall–Kier alpha value is -2.49. The fourth-order valence-corrected chi connectivity index (χ4v) is 8.50. The Morgan fingerprint density at radius 2 is 1.90 bits per heavy atom. The predicted octanol–water partition coefficient (Wildman–Crippen LogP) is 5.49. The van der Waals surface area contributed by atoms with Gasteiger partial charge >= 0.3 is 6.01 Å². The Balaban J connectivity index is 1.10. The summed E-state index contributed by atoms with van der Waals surface area (Å²) in [4.78, 5) is 17.5. The molecule has 5 heterocycles. The number of ether oxygens (including phenoxy) is 1. The van der Waals surface area contributed by atoms with E-state index in [1.165, 1.54) is 34.9 Å². The summed E-state index contributed by atoms with van der Waals surface area (Å²) in [6.45, 7) is 8.85. The molecule has 1 N–H and O–H groups in total. The van der Waals surface area contributed by atoms with Gasteiger partial charge in [0, 0.05) is 77.4 Å². The Morgan fingerprint density at radius 3 is 2.69 bits per heavy atom. The summed E-state index contributed by atoms with van der Waals surface area (Å²) in [7, 11) is 0. The molecule has 0 amide bonds. The van der Waals surface area contributed by atoms with Crippen molar-refractivity contribution in [1.29, 1.82) is 0 Å². The molecule has 9 heteroatoms. The van der Waals surface area contributed by atoms with Gasteiger partial charge in [-0.25, -0.2) is 4.39 Å². The highest BCUT2D eigenvalue weighted by Crippen LogP contribution is 2.47. The third-order valence-corrected chi connectivity index (χ3v) is 11.0. The van der Waals surface area contributed by atoms with Gasteiger partial charge in [0.05, 0.1) is 18.8 Å². The third kappa shape index (κ3) is 5.05. The second kappa shape index (κ2) is 10.3. The second-order valence-corrected chi connectivity index (χ2v) is 14.6. The molecule has 3 saturated heterocycles. The first-order valence-corrected chi connectivity index (χ1v) is 16.5. The lowest BCUT2D eigenvalue weighted by Crippen LogP contribution is -2.58. The minimum Gasteiger partial charge on any atom is -0.463 e. The lowest BCUT2D eigenvalue weighted by Gasteiger charge is -2.41. The van der Waals surface area contributed by atoms with Crippen LogP contribution in [0.25, 0.3) is 10.8 Å². The third-order valence-electron chi connectivity index (χ3n) is 10.3. The minimum atomic E-state index is -0.685. The molecule has 3 aromatic rings. The Morgan fingerprint density at radius 1 is 1.05 bits per heavy atom. The molecule has 2 bridgehead atoms. The van der Waals surface area contributed by atoms with Crippen LogP contribution in [0.1, 0.15) is 50.3 Å². The molecule has 222 valence electrons. The number of nitrogens with one attached hydrogen (secondary N) is 1. The zero-order chi connectivity index (χ0) is 28.5. The summed E-state index contributed by atoms with van der Waals surface area (Å²) in [5, 5.41) is 6.32. The van der Waals surface area contributed by atoms with E-state index >= 15 is 0 Å². The monoisotopic (exact) mass is 634 g/mol. The average molecular weight is 636 g/mol. The standard InChI is InChI=1S/C33H40BrFN6O/c1-32-11-8-24(38-32)17-41(19-32)30-25-10-15-40(28-7-3-5-22-4-2-6-26(34)29(22)28)18-27(25)36-31(37-30)42-21-33(12-13-33)20-39-14-9-23(35)16-39/h2-7,23-24,38H,8-21H2,1H3/t23-,24-,32-/m1/s1. The van der Waals surface area contributed by atoms with Gasteiger partial charge in [-0.3, -0.25) is 4.90 Å². The van der Waals surface area contributed by atoms with Crippen molar-refractivity contribution in [2.75, 3.05) is 55.7 Å². The number of anilines is 2. The van der Waals surface area contributed by atoms with Crippen LogP contribution in [0, 0.1) is 5.41 Å². The molecule has 0 radical (unpaired) electrons. The number of halogens is 2. The van der Waals surface area contributed by atoms with Crippen LogP contribution in [0.5, 0.6) is 6.01 Å². The number of likely N-dealkylation sites (tertiary alicyclic amines) is 1. The normalized spacial score (nSPS) is 28.4. The maximum atomic E-state index is 13.8. The summed E-state index contributed by atoms with van der Waals surface area (Å²) in [6.07, 6.45) is 5.54. The number of hydrogen-bond acceptors (Lipinski definition) is 7. The molecule has 5 aliphatic rings. The SMILES string of the molecule is C[C@@]12CC[C@H](CN(c3nc(OCC4(CN5CC[C@@H](F)C5)CC4)nc4c3CCN(c3cccc5cccc(Br)c35)C4)C1)N2. The molecule has 0 spiro atoms. The summed E-state index contributed by atoms with van der Waals surface area (Å²) in [5.41, 5.74) is 3.81. The van der Waals surface area contributed by atoms with E-state index in [2.05, 4.69) is 79.3 Å². The van der Waals surface area contributed by atoms with Crippen LogP contribution in [-0.4, -0.2) is 78.5 Å². The molecule has 4 aliphatic heterocycles. The van der Waals surface area contributed by atoms with Crippen molar-refractivity contribution < 1.29 is 9.13 Å². The second-order valence-electron chi connectivity index (χ2n) is 13.8. The minimum absolute atomic E-state index is 0.104. The van der Waals surface area contributed by atoms with E-state index in [9.17, 15) is 4.39 Å². The molecule has 7 nitrogen and oxygen atoms in total. The van der Waals surface area contributed by atoms with E-state index < -0.39 is 6.17 Å². The van der Waals surface area contributed by atoms with E-state index in [-0.39, 0.29) is 11.0 Å². The van der Waals surface area contributed by atoms with Crippen molar-refractivity contribution in [2.45, 2.75) is 69.7 Å². The molecule has 1 aromatic heterocycles. The van der Waals surface area contributed by atoms with Crippen LogP contribution in [0.3, 0.4) is 0 Å². The van der Waals surface area contributed by atoms with Crippen molar-refractivity contribution in [3.63, 3.8) is 0 Å². The highest BCUT2D eigenvalue weighted by Gasteiger charge is 2.46. The lowest BCUT2D eigenvalue weighted by atomic mass is 9.98.